The van der Waals surface area contributed by atoms with Crippen LogP contribution in [0.3, 0.4) is 0 Å². The summed E-state index contributed by atoms with van der Waals surface area (Å²) in [5.41, 5.74) is 5.42. The van der Waals surface area contributed by atoms with Gasteiger partial charge in [0.2, 0.25) is 0 Å². The third kappa shape index (κ3) is 4.78. The molecule has 0 aliphatic carbocycles. The number of nitrogens with zero attached hydrogens (tertiary/aromatic N) is 1. The maximum absolute atomic E-state index is 12.6. The number of carbonyl (C=O) groups excluding carboxylic acids is 2. The molecule has 0 aliphatic rings. The molecule has 3 N–H and O–H groups in total. The molecule has 2 aromatic rings. The average molecular weight is 376 g/mol. The molecule has 0 saturated heterocycles. The fourth-order valence-corrected chi connectivity index (χ4v) is 2.43. The molecule has 0 radical (unpaired) electrons. The van der Waals surface area contributed by atoms with E-state index in [1.807, 2.05) is 0 Å². The third-order valence-corrected chi connectivity index (χ3v) is 3.72. The zero-order valence-electron chi connectivity index (χ0n) is 15.1. The monoisotopic (exact) mass is 376 g/mol. The molecule has 27 heavy (non-hydrogen) atoms. The Hall–Kier alpha value is -3.49. The van der Waals surface area contributed by atoms with Crippen LogP contribution in [0.5, 0.6) is 11.5 Å². The number of amides is 2. The van der Waals surface area contributed by atoms with Gasteiger partial charge in [-0.15, -0.1) is 0 Å². The van der Waals surface area contributed by atoms with E-state index in [1.165, 1.54) is 36.3 Å². The second kappa shape index (κ2) is 8.26. The smallest absolute Gasteiger partial charge is 0.339 e. The second-order valence-corrected chi connectivity index (χ2v) is 5.77. The number of benzene rings is 1. The van der Waals surface area contributed by atoms with Gasteiger partial charge in [-0.1, -0.05) is 0 Å². The van der Waals surface area contributed by atoms with Crippen molar-refractivity contribution in [2.24, 2.45) is 5.73 Å². The Labute approximate surface area is 155 Å². The maximum Gasteiger partial charge on any atom is 0.339 e. The van der Waals surface area contributed by atoms with E-state index in [-0.39, 0.29) is 41.9 Å². The van der Waals surface area contributed by atoms with Crippen LogP contribution >= 0.6 is 0 Å². The van der Waals surface area contributed by atoms with Crippen molar-refractivity contribution in [1.82, 2.24) is 4.90 Å². The van der Waals surface area contributed by atoms with Crippen molar-refractivity contribution in [2.75, 3.05) is 20.8 Å². The molecule has 1 aromatic carbocycles. The average Bonchev–Trinajstić information content (AvgIpc) is 2.99. The summed E-state index contributed by atoms with van der Waals surface area (Å²) in [6.45, 7) is 1.33. The van der Waals surface area contributed by atoms with Crippen LogP contribution in [0.4, 0.5) is 0 Å². The normalized spacial score (nSPS) is 10.3. The summed E-state index contributed by atoms with van der Waals surface area (Å²) < 4.78 is 15.8. The zero-order valence-corrected chi connectivity index (χ0v) is 15.1. The molecule has 0 bridgehead atoms. The highest BCUT2D eigenvalue weighted by Crippen LogP contribution is 2.28. The number of nitrogens with two attached hydrogens (primary N) is 1. The van der Waals surface area contributed by atoms with Crippen LogP contribution in [0.1, 0.15) is 32.2 Å². The summed E-state index contributed by atoms with van der Waals surface area (Å²) in [6.07, 6.45) is 0. The van der Waals surface area contributed by atoms with Crippen molar-refractivity contribution in [3.63, 3.8) is 0 Å². The van der Waals surface area contributed by atoms with Crippen molar-refractivity contribution in [1.29, 1.82) is 0 Å². The van der Waals surface area contributed by atoms with E-state index < -0.39 is 11.9 Å². The van der Waals surface area contributed by atoms with Gasteiger partial charge in [0.25, 0.3) is 11.8 Å². The van der Waals surface area contributed by atoms with Gasteiger partial charge in [0.15, 0.2) is 18.1 Å². The van der Waals surface area contributed by atoms with E-state index in [9.17, 15) is 14.4 Å². The van der Waals surface area contributed by atoms with Crippen LogP contribution in [-0.2, 0) is 11.3 Å². The number of carbonyl (C=O) groups is 3. The fraction of sp³-hybridized carbons (Fsp3) is 0.278. The van der Waals surface area contributed by atoms with Crippen LogP contribution < -0.4 is 15.2 Å². The summed E-state index contributed by atoms with van der Waals surface area (Å²) >= 11 is 0. The Morgan fingerprint density at radius 1 is 1.22 bits per heavy atom. The van der Waals surface area contributed by atoms with Crippen LogP contribution in [0.15, 0.2) is 28.7 Å². The van der Waals surface area contributed by atoms with Crippen molar-refractivity contribution in [2.45, 2.75) is 13.5 Å². The highest BCUT2D eigenvalue weighted by molar-refractivity contribution is 5.95. The van der Waals surface area contributed by atoms with Gasteiger partial charge in [-0.25, -0.2) is 4.79 Å². The predicted octanol–water partition coefficient (Wildman–Crippen LogP) is 1.43. The van der Waals surface area contributed by atoms with Crippen molar-refractivity contribution < 1.29 is 33.4 Å². The molecule has 2 rings (SSSR count). The zero-order chi connectivity index (χ0) is 20.1. The maximum atomic E-state index is 12.6. The van der Waals surface area contributed by atoms with E-state index in [1.54, 1.807) is 14.0 Å². The summed E-state index contributed by atoms with van der Waals surface area (Å²) in [5.74, 6) is -0.870. The fourth-order valence-electron chi connectivity index (χ4n) is 2.43. The number of hydrogen-bond donors (Lipinski definition) is 2. The van der Waals surface area contributed by atoms with Crippen molar-refractivity contribution >= 4 is 17.8 Å². The molecule has 2 amide bonds. The SMILES string of the molecule is COc1cc(C(=O)N(C)Cc2cc(C(=O)O)c(C)o2)ccc1OCC(N)=O. The molecule has 1 heterocycles. The molecular weight excluding hydrogens is 356 g/mol. The minimum atomic E-state index is -1.09. The first-order valence-electron chi connectivity index (χ1n) is 7.90. The predicted molar refractivity (Wildman–Crippen MR) is 93.9 cm³/mol. The molecule has 0 saturated carbocycles. The lowest BCUT2D eigenvalue weighted by atomic mass is 10.1. The van der Waals surface area contributed by atoms with Crippen LogP contribution in [0.2, 0.25) is 0 Å². The first kappa shape index (κ1) is 19.8. The molecular formula is C18H20N2O7. The topological polar surface area (TPSA) is 132 Å². The van der Waals surface area contributed by atoms with E-state index >= 15 is 0 Å². The summed E-state index contributed by atoms with van der Waals surface area (Å²) in [4.78, 5) is 35.9. The quantitative estimate of drug-likeness (QED) is 0.712. The molecule has 0 atom stereocenters. The largest absolute Gasteiger partial charge is 0.493 e. The molecule has 0 spiro atoms. The second-order valence-electron chi connectivity index (χ2n) is 5.77. The summed E-state index contributed by atoms with van der Waals surface area (Å²) in [7, 11) is 2.97. The molecule has 0 fully saturated rings. The summed E-state index contributed by atoms with van der Waals surface area (Å²) in [5, 5.41) is 9.07. The number of primary amides is 1. The Bertz CT molecular complexity index is 873. The number of rotatable bonds is 8. The number of carboxylic acids is 1. The van der Waals surface area contributed by atoms with Gasteiger partial charge >= 0.3 is 5.97 Å². The Morgan fingerprint density at radius 3 is 2.48 bits per heavy atom. The lowest BCUT2D eigenvalue weighted by molar-refractivity contribution is -0.119. The number of methoxy groups -OCH3 is 1. The number of carboxylic acid groups (broad SMARTS) is 1. The van der Waals surface area contributed by atoms with Gasteiger partial charge < -0.3 is 29.6 Å². The van der Waals surface area contributed by atoms with Gasteiger partial charge in [0.1, 0.15) is 17.1 Å². The molecule has 0 aliphatic heterocycles. The highest BCUT2D eigenvalue weighted by Gasteiger charge is 2.19. The van der Waals surface area contributed by atoms with E-state index in [2.05, 4.69) is 0 Å². The lowest BCUT2D eigenvalue weighted by Gasteiger charge is -2.17. The van der Waals surface area contributed by atoms with Gasteiger partial charge in [-0.3, -0.25) is 9.59 Å². The van der Waals surface area contributed by atoms with Gasteiger partial charge in [0.05, 0.1) is 13.7 Å². The van der Waals surface area contributed by atoms with Crippen molar-refractivity contribution in [3.8, 4) is 11.5 Å². The van der Waals surface area contributed by atoms with Gasteiger partial charge in [-0.2, -0.15) is 0 Å². The molecule has 9 heteroatoms. The third-order valence-electron chi connectivity index (χ3n) is 3.72. The first-order valence-corrected chi connectivity index (χ1v) is 7.90. The highest BCUT2D eigenvalue weighted by atomic mass is 16.5. The first-order chi connectivity index (χ1) is 12.7. The number of hydrogen-bond acceptors (Lipinski definition) is 6. The molecule has 1 aromatic heterocycles. The van der Waals surface area contributed by atoms with E-state index in [0.717, 1.165) is 0 Å². The lowest BCUT2D eigenvalue weighted by Crippen LogP contribution is -2.26. The minimum absolute atomic E-state index is 0.0588. The van der Waals surface area contributed by atoms with Gasteiger partial charge in [-0.05, 0) is 31.2 Å². The minimum Gasteiger partial charge on any atom is -0.493 e. The van der Waals surface area contributed by atoms with E-state index in [4.69, 9.17) is 24.7 Å². The number of aryl methyl sites for hydroxylation is 1. The van der Waals surface area contributed by atoms with Crippen LogP contribution in [0.25, 0.3) is 0 Å². The number of aromatic carboxylic acids is 1. The Balaban J connectivity index is 2.15. The van der Waals surface area contributed by atoms with Crippen LogP contribution in [0, 0.1) is 6.92 Å². The molecule has 0 unspecified atom stereocenters. The molecule has 144 valence electrons. The summed E-state index contributed by atoms with van der Waals surface area (Å²) in [6, 6.07) is 5.89. The number of furan rings is 1. The Morgan fingerprint density at radius 2 is 1.93 bits per heavy atom. The standard InChI is InChI=1S/C18H20N2O7/c1-10-13(18(23)24)7-12(27-10)8-20(2)17(22)11-4-5-14(15(6-11)25-3)26-9-16(19)21/h4-7H,8-9H2,1-3H3,(H2,19,21)(H,23,24). The van der Waals surface area contributed by atoms with Gasteiger partial charge in [0, 0.05) is 12.6 Å². The van der Waals surface area contributed by atoms with Crippen molar-refractivity contribution in [3.05, 3.63) is 46.9 Å². The molecule has 9 nitrogen and oxygen atoms in total. The van der Waals surface area contributed by atoms with E-state index in [0.29, 0.717) is 11.3 Å². The Kier molecular flexibility index (Phi) is 6.07. The van der Waals surface area contributed by atoms with Crippen LogP contribution in [-0.4, -0.2) is 48.6 Å². The number of ether oxygens (including phenoxy) is 2.